The number of nitrogen functional groups attached to an aromatic ring is 1. The van der Waals surface area contributed by atoms with Crippen molar-refractivity contribution >= 4 is 44.6 Å². The fourth-order valence-corrected chi connectivity index (χ4v) is 4.79. The average Bonchev–Trinajstić information content (AvgIpc) is 3.09. The van der Waals surface area contributed by atoms with Crippen molar-refractivity contribution in [1.82, 2.24) is 14.4 Å². The molecular formula is C21H25BrClN5O2. The van der Waals surface area contributed by atoms with E-state index in [4.69, 9.17) is 31.8 Å². The van der Waals surface area contributed by atoms with E-state index in [1.165, 1.54) is 0 Å². The lowest BCUT2D eigenvalue weighted by atomic mass is 9.95. The first-order valence-electron chi connectivity index (χ1n) is 10.00. The molecule has 2 N–H and O–H groups in total. The number of benzene rings is 1. The predicted molar refractivity (Wildman–Crippen MR) is 123 cm³/mol. The van der Waals surface area contributed by atoms with Crippen molar-refractivity contribution in [2.24, 2.45) is 0 Å². The molecule has 1 saturated heterocycles. The molecule has 1 aromatic carbocycles. The fraction of sp³-hybridized carbons (Fsp3) is 0.429. The standard InChI is InChI=1S/C21H25BrClN5O2/c1-4-30-18-14(11-15(23)13(3)16(18)27-7-9-29-10-8-27)12(2)21-26-19(22)17-20(24)25-5-6-28(17)21/h5-6,11-12H,4,7-10H2,1-3H3,(H2,24,25). The van der Waals surface area contributed by atoms with Crippen molar-refractivity contribution in [2.75, 3.05) is 43.5 Å². The molecule has 0 saturated carbocycles. The van der Waals surface area contributed by atoms with Crippen LogP contribution in [0.5, 0.6) is 5.75 Å². The Morgan fingerprint density at radius 3 is 2.80 bits per heavy atom. The molecule has 4 rings (SSSR count). The minimum absolute atomic E-state index is 0.0926. The van der Waals surface area contributed by atoms with E-state index in [0.717, 1.165) is 47.0 Å². The molecule has 0 aliphatic carbocycles. The van der Waals surface area contributed by atoms with Gasteiger partial charge in [0.05, 0.1) is 25.5 Å². The first-order valence-corrected chi connectivity index (χ1v) is 11.2. The molecule has 1 fully saturated rings. The highest BCUT2D eigenvalue weighted by molar-refractivity contribution is 9.10. The van der Waals surface area contributed by atoms with Crippen LogP contribution < -0.4 is 15.4 Å². The van der Waals surface area contributed by atoms with Gasteiger partial charge in [-0.15, -0.1) is 0 Å². The Morgan fingerprint density at radius 1 is 1.37 bits per heavy atom. The largest absolute Gasteiger partial charge is 0.491 e. The van der Waals surface area contributed by atoms with Crippen LogP contribution in [0.1, 0.15) is 36.7 Å². The third kappa shape index (κ3) is 3.61. The van der Waals surface area contributed by atoms with E-state index in [2.05, 4.69) is 32.7 Å². The third-order valence-electron chi connectivity index (χ3n) is 5.51. The van der Waals surface area contributed by atoms with Crippen LogP contribution in [0.4, 0.5) is 11.5 Å². The molecule has 1 unspecified atom stereocenters. The number of morpholine rings is 1. The number of halogens is 2. The lowest BCUT2D eigenvalue weighted by molar-refractivity contribution is 0.122. The zero-order chi connectivity index (χ0) is 21.4. The monoisotopic (exact) mass is 493 g/mol. The van der Waals surface area contributed by atoms with Gasteiger partial charge in [-0.25, -0.2) is 9.97 Å². The molecule has 1 atom stereocenters. The summed E-state index contributed by atoms with van der Waals surface area (Å²) in [6.07, 6.45) is 3.55. The van der Waals surface area contributed by atoms with Crippen molar-refractivity contribution in [1.29, 1.82) is 0 Å². The molecule has 0 spiro atoms. The molecule has 3 aromatic rings. The number of aromatic nitrogens is 3. The highest BCUT2D eigenvalue weighted by Gasteiger charge is 2.28. The van der Waals surface area contributed by atoms with E-state index in [0.29, 0.717) is 35.3 Å². The molecule has 1 aliphatic heterocycles. The van der Waals surface area contributed by atoms with Gasteiger partial charge in [0, 0.05) is 42.0 Å². The van der Waals surface area contributed by atoms with Crippen LogP contribution in [-0.2, 0) is 4.74 Å². The quantitative estimate of drug-likeness (QED) is 0.566. The van der Waals surface area contributed by atoms with Gasteiger partial charge in [-0.3, -0.25) is 4.40 Å². The summed E-state index contributed by atoms with van der Waals surface area (Å²) < 4.78 is 14.4. The summed E-state index contributed by atoms with van der Waals surface area (Å²) in [7, 11) is 0. The van der Waals surface area contributed by atoms with Crippen LogP contribution in [0.3, 0.4) is 0 Å². The highest BCUT2D eigenvalue weighted by Crippen LogP contribution is 2.44. The molecule has 0 bridgehead atoms. The lowest BCUT2D eigenvalue weighted by Gasteiger charge is -2.33. The Hall–Kier alpha value is -2.03. The summed E-state index contributed by atoms with van der Waals surface area (Å²) in [6, 6.07) is 2.00. The molecular weight excluding hydrogens is 470 g/mol. The maximum atomic E-state index is 6.71. The van der Waals surface area contributed by atoms with Crippen LogP contribution in [0, 0.1) is 6.92 Å². The van der Waals surface area contributed by atoms with Gasteiger partial charge in [-0.1, -0.05) is 18.5 Å². The molecule has 0 amide bonds. The number of nitrogens with two attached hydrogens (primary N) is 1. The maximum absolute atomic E-state index is 6.71. The number of ether oxygens (including phenoxy) is 2. The molecule has 2 aromatic heterocycles. The molecule has 9 heteroatoms. The van der Waals surface area contributed by atoms with Gasteiger partial charge in [0.1, 0.15) is 21.7 Å². The fourth-order valence-electron chi connectivity index (χ4n) is 4.00. The molecule has 30 heavy (non-hydrogen) atoms. The van der Waals surface area contributed by atoms with Gasteiger partial charge >= 0.3 is 0 Å². The lowest BCUT2D eigenvalue weighted by Crippen LogP contribution is -2.37. The zero-order valence-corrected chi connectivity index (χ0v) is 19.6. The average molecular weight is 495 g/mol. The van der Waals surface area contributed by atoms with Crippen LogP contribution in [0.2, 0.25) is 5.02 Å². The normalized spacial score (nSPS) is 15.6. The molecule has 0 radical (unpaired) electrons. The van der Waals surface area contributed by atoms with E-state index in [1.807, 2.05) is 30.5 Å². The summed E-state index contributed by atoms with van der Waals surface area (Å²) in [6.45, 7) is 9.67. The number of nitrogens with zero attached hydrogens (tertiary/aromatic N) is 4. The van der Waals surface area contributed by atoms with Crippen LogP contribution >= 0.6 is 27.5 Å². The number of imidazole rings is 1. The Bertz CT molecular complexity index is 1080. The Balaban J connectivity index is 1.90. The molecule has 1 aliphatic rings. The van der Waals surface area contributed by atoms with Crippen LogP contribution in [-0.4, -0.2) is 47.3 Å². The van der Waals surface area contributed by atoms with Crippen LogP contribution in [0.25, 0.3) is 5.52 Å². The Morgan fingerprint density at radius 2 is 2.10 bits per heavy atom. The van der Waals surface area contributed by atoms with E-state index in [9.17, 15) is 0 Å². The molecule has 7 nitrogen and oxygen atoms in total. The summed E-state index contributed by atoms with van der Waals surface area (Å²) in [4.78, 5) is 11.2. The van der Waals surface area contributed by atoms with Crippen molar-refractivity contribution in [3.63, 3.8) is 0 Å². The Labute approximate surface area is 189 Å². The first-order chi connectivity index (χ1) is 14.4. The number of anilines is 2. The number of hydrogen-bond acceptors (Lipinski definition) is 6. The minimum Gasteiger partial charge on any atom is -0.491 e. The maximum Gasteiger partial charge on any atom is 0.150 e. The summed E-state index contributed by atoms with van der Waals surface area (Å²) in [5, 5.41) is 0.711. The van der Waals surface area contributed by atoms with Crippen molar-refractivity contribution in [3.8, 4) is 5.75 Å². The summed E-state index contributed by atoms with van der Waals surface area (Å²) in [5.74, 6) is 2.02. The topological polar surface area (TPSA) is 77.9 Å². The van der Waals surface area contributed by atoms with Gasteiger partial charge in [-0.2, -0.15) is 0 Å². The number of hydrogen-bond donors (Lipinski definition) is 1. The van der Waals surface area contributed by atoms with Gasteiger partial charge in [0.15, 0.2) is 5.82 Å². The van der Waals surface area contributed by atoms with Gasteiger partial charge in [0.2, 0.25) is 0 Å². The van der Waals surface area contributed by atoms with E-state index < -0.39 is 0 Å². The first kappa shape index (κ1) is 21.2. The smallest absolute Gasteiger partial charge is 0.150 e. The van der Waals surface area contributed by atoms with E-state index in [1.54, 1.807) is 6.20 Å². The van der Waals surface area contributed by atoms with Gasteiger partial charge < -0.3 is 20.1 Å². The Kier molecular flexibility index (Phi) is 6.09. The van der Waals surface area contributed by atoms with Crippen molar-refractivity contribution in [2.45, 2.75) is 26.7 Å². The minimum atomic E-state index is -0.0926. The van der Waals surface area contributed by atoms with Crippen molar-refractivity contribution in [3.05, 3.63) is 45.0 Å². The number of rotatable bonds is 5. The number of fused-ring (bicyclic) bond motifs is 1. The van der Waals surface area contributed by atoms with E-state index in [-0.39, 0.29) is 5.92 Å². The van der Waals surface area contributed by atoms with Gasteiger partial charge in [0.25, 0.3) is 0 Å². The molecule has 3 heterocycles. The molecule has 160 valence electrons. The van der Waals surface area contributed by atoms with Crippen molar-refractivity contribution < 1.29 is 9.47 Å². The summed E-state index contributed by atoms with van der Waals surface area (Å²) in [5.41, 5.74) is 9.88. The highest BCUT2D eigenvalue weighted by atomic mass is 79.9. The zero-order valence-electron chi connectivity index (χ0n) is 17.3. The second-order valence-corrected chi connectivity index (χ2v) is 8.45. The summed E-state index contributed by atoms with van der Waals surface area (Å²) >= 11 is 10.2. The van der Waals surface area contributed by atoms with Gasteiger partial charge in [-0.05, 0) is 41.4 Å². The van der Waals surface area contributed by atoms with Crippen LogP contribution in [0.15, 0.2) is 23.1 Å². The second kappa shape index (κ2) is 8.61. The third-order valence-corrected chi connectivity index (χ3v) is 6.46. The second-order valence-electron chi connectivity index (χ2n) is 7.30. The SMILES string of the molecule is CCOc1c(C(C)c2nc(Br)c3c(N)nccn23)cc(Cl)c(C)c1N1CCOCC1. The van der Waals surface area contributed by atoms with E-state index >= 15 is 0 Å². The predicted octanol–water partition coefficient (Wildman–Crippen LogP) is 4.42.